The quantitative estimate of drug-likeness (QED) is 0.405. The molecule has 0 bridgehead atoms. The van der Waals surface area contributed by atoms with Crippen LogP contribution in [0.1, 0.15) is 15.9 Å². The lowest BCUT2D eigenvalue weighted by Gasteiger charge is -2.05. The molecular formula is C7H11N3S. The first-order valence-electron chi connectivity index (χ1n) is 3.29. The minimum Gasteiger partial charge on any atom is -0.271 e. The van der Waals surface area contributed by atoms with E-state index in [-0.39, 0.29) is 6.04 Å². The van der Waals surface area contributed by atoms with Crippen LogP contribution in [0.2, 0.25) is 0 Å². The van der Waals surface area contributed by atoms with Crippen LogP contribution >= 0.6 is 11.3 Å². The molecule has 1 unspecified atom stereocenters. The maximum Gasteiger partial charge on any atom is 0.0897 e. The van der Waals surface area contributed by atoms with Crippen molar-refractivity contribution in [3.05, 3.63) is 28.7 Å². The third-order valence-corrected chi connectivity index (χ3v) is 2.36. The minimum atomic E-state index is 0.0289. The summed E-state index contributed by atoms with van der Waals surface area (Å²) in [6, 6.07) is 0.0289. The molecule has 0 spiro atoms. The Balaban J connectivity index is 2.81. The van der Waals surface area contributed by atoms with Gasteiger partial charge in [-0.15, -0.1) is 17.9 Å². The second kappa shape index (κ2) is 3.61. The highest BCUT2D eigenvalue weighted by Gasteiger charge is 2.06. The molecular weight excluding hydrogens is 158 g/mol. The fourth-order valence-electron chi connectivity index (χ4n) is 0.788. The first-order valence-corrected chi connectivity index (χ1v) is 4.10. The highest BCUT2D eigenvalue weighted by atomic mass is 32.1. The molecule has 0 aliphatic rings. The number of hydrazine groups is 1. The molecule has 3 nitrogen and oxygen atoms in total. The smallest absolute Gasteiger partial charge is 0.0897 e. The highest BCUT2D eigenvalue weighted by Crippen LogP contribution is 2.19. The molecule has 0 aromatic carbocycles. The largest absolute Gasteiger partial charge is 0.271 e. The van der Waals surface area contributed by atoms with Gasteiger partial charge >= 0.3 is 0 Å². The number of aryl methyl sites for hydroxylation is 1. The van der Waals surface area contributed by atoms with E-state index in [1.54, 1.807) is 17.4 Å². The first kappa shape index (κ1) is 8.39. The highest BCUT2D eigenvalue weighted by molar-refractivity contribution is 7.11. The molecule has 11 heavy (non-hydrogen) atoms. The molecule has 0 amide bonds. The molecule has 1 aromatic rings. The molecule has 3 N–H and O–H groups in total. The van der Waals surface area contributed by atoms with E-state index in [1.165, 1.54) is 0 Å². The molecule has 1 rings (SSSR count). The van der Waals surface area contributed by atoms with Crippen molar-refractivity contribution in [3.8, 4) is 0 Å². The van der Waals surface area contributed by atoms with Crippen LogP contribution < -0.4 is 11.3 Å². The van der Waals surface area contributed by atoms with E-state index in [2.05, 4.69) is 17.0 Å². The van der Waals surface area contributed by atoms with Crippen molar-refractivity contribution in [2.24, 2.45) is 5.84 Å². The Morgan fingerprint density at radius 1 is 1.91 bits per heavy atom. The van der Waals surface area contributed by atoms with Crippen LogP contribution in [0.15, 0.2) is 18.9 Å². The van der Waals surface area contributed by atoms with Gasteiger partial charge in [-0.1, -0.05) is 6.08 Å². The molecule has 1 heterocycles. The predicted molar refractivity (Wildman–Crippen MR) is 47.1 cm³/mol. The van der Waals surface area contributed by atoms with Gasteiger partial charge in [-0.25, -0.2) is 10.4 Å². The Morgan fingerprint density at radius 2 is 2.64 bits per heavy atom. The number of hydrogen-bond donors (Lipinski definition) is 2. The normalized spacial score (nSPS) is 12.9. The SMILES string of the molecule is C=CC(NN)c1cnc(C)s1. The van der Waals surface area contributed by atoms with E-state index in [0.29, 0.717) is 0 Å². The van der Waals surface area contributed by atoms with Gasteiger partial charge < -0.3 is 0 Å². The Bertz CT molecular complexity index is 244. The fourth-order valence-corrected chi connectivity index (χ4v) is 1.63. The average Bonchev–Trinajstić information content (AvgIpc) is 2.39. The van der Waals surface area contributed by atoms with Crippen molar-refractivity contribution in [3.63, 3.8) is 0 Å². The number of hydrogen-bond acceptors (Lipinski definition) is 4. The molecule has 0 aliphatic carbocycles. The second-order valence-corrected chi connectivity index (χ2v) is 3.43. The van der Waals surface area contributed by atoms with E-state index in [4.69, 9.17) is 5.84 Å². The topological polar surface area (TPSA) is 50.9 Å². The van der Waals surface area contributed by atoms with Crippen LogP contribution in [-0.4, -0.2) is 4.98 Å². The van der Waals surface area contributed by atoms with Crippen molar-refractivity contribution in [2.45, 2.75) is 13.0 Å². The molecule has 1 atom stereocenters. The van der Waals surface area contributed by atoms with Gasteiger partial charge in [-0.2, -0.15) is 0 Å². The summed E-state index contributed by atoms with van der Waals surface area (Å²) in [4.78, 5) is 5.21. The van der Waals surface area contributed by atoms with Crippen LogP contribution in [0.3, 0.4) is 0 Å². The van der Waals surface area contributed by atoms with Crippen LogP contribution in [0.25, 0.3) is 0 Å². The molecule has 0 fully saturated rings. The Labute approximate surface area is 69.9 Å². The Hall–Kier alpha value is -0.710. The summed E-state index contributed by atoms with van der Waals surface area (Å²) in [5.41, 5.74) is 2.63. The summed E-state index contributed by atoms with van der Waals surface area (Å²) >= 11 is 1.62. The van der Waals surface area contributed by atoms with E-state index in [9.17, 15) is 0 Å². The first-order chi connectivity index (χ1) is 5.27. The summed E-state index contributed by atoms with van der Waals surface area (Å²) in [6.45, 7) is 5.62. The Kier molecular flexibility index (Phi) is 2.76. The summed E-state index contributed by atoms with van der Waals surface area (Å²) in [7, 11) is 0. The number of nitrogens with two attached hydrogens (primary N) is 1. The second-order valence-electron chi connectivity index (χ2n) is 2.16. The van der Waals surface area contributed by atoms with Crippen molar-refractivity contribution in [2.75, 3.05) is 0 Å². The number of nitrogens with zero attached hydrogens (tertiary/aromatic N) is 1. The van der Waals surface area contributed by atoms with Gasteiger partial charge in [-0.3, -0.25) is 5.84 Å². The van der Waals surface area contributed by atoms with E-state index in [0.717, 1.165) is 9.88 Å². The summed E-state index contributed by atoms with van der Waals surface area (Å²) in [5, 5.41) is 1.04. The molecule has 0 saturated heterocycles. The van der Waals surface area contributed by atoms with Crippen molar-refractivity contribution < 1.29 is 0 Å². The standard InChI is InChI=1S/C7H11N3S/c1-3-6(10-8)7-4-9-5(2)11-7/h3-4,6,10H,1,8H2,2H3. The maximum absolute atomic E-state index is 5.28. The van der Waals surface area contributed by atoms with Crippen LogP contribution in [0.4, 0.5) is 0 Å². The molecule has 4 heteroatoms. The lowest BCUT2D eigenvalue weighted by Crippen LogP contribution is -2.25. The summed E-state index contributed by atoms with van der Waals surface area (Å²) in [5.74, 6) is 5.28. The lowest BCUT2D eigenvalue weighted by molar-refractivity contribution is 0.665. The van der Waals surface area contributed by atoms with Gasteiger partial charge in [0.25, 0.3) is 0 Å². The molecule has 0 aliphatic heterocycles. The summed E-state index contributed by atoms with van der Waals surface area (Å²) < 4.78 is 0. The zero-order valence-electron chi connectivity index (χ0n) is 6.37. The monoisotopic (exact) mass is 169 g/mol. The fraction of sp³-hybridized carbons (Fsp3) is 0.286. The van der Waals surface area contributed by atoms with Gasteiger partial charge in [0.2, 0.25) is 0 Å². The predicted octanol–water partition coefficient (Wildman–Crippen LogP) is 1.14. The third-order valence-electron chi connectivity index (χ3n) is 1.36. The number of thiazole rings is 1. The zero-order valence-corrected chi connectivity index (χ0v) is 7.19. The molecule has 0 saturated carbocycles. The maximum atomic E-state index is 5.28. The van der Waals surface area contributed by atoms with Crippen LogP contribution in [0.5, 0.6) is 0 Å². The van der Waals surface area contributed by atoms with Gasteiger partial charge in [0.05, 0.1) is 11.0 Å². The van der Waals surface area contributed by atoms with Gasteiger partial charge in [0.15, 0.2) is 0 Å². The Morgan fingerprint density at radius 3 is 3.00 bits per heavy atom. The van der Waals surface area contributed by atoms with Crippen molar-refractivity contribution >= 4 is 11.3 Å². The molecule has 0 radical (unpaired) electrons. The van der Waals surface area contributed by atoms with E-state index >= 15 is 0 Å². The van der Waals surface area contributed by atoms with Crippen LogP contribution in [-0.2, 0) is 0 Å². The average molecular weight is 169 g/mol. The van der Waals surface area contributed by atoms with E-state index < -0.39 is 0 Å². The summed E-state index contributed by atoms with van der Waals surface area (Å²) in [6.07, 6.45) is 3.57. The van der Waals surface area contributed by atoms with Crippen molar-refractivity contribution in [1.82, 2.24) is 10.4 Å². The van der Waals surface area contributed by atoms with Gasteiger partial charge in [-0.05, 0) is 6.92 Å². The third kappa shape index (κ3) is 1.86. The number of nitrogens with one attached hydrogen (secondary N) is 1. The molecule has 1 aromatic heterocycles. The van der Waals surface area contributed by atoms with Crippen molar-refractivity contribution in [1.29, 1.82) is 0 Å². The lowest BCUT2D eigenvalue weighted by atomic mass is 10.3. The molecule has 60 valence electrons. The van der Waals surface area contributed by atoms with Gasteiger partial charge in [0.1, 0.15) is 0 Å². The number of aromatic nitrogens is 1. The van der Waals surface area contributed by atoms with Crippen LogP contribution in [0, 0.1) is 6.92 Å². The number of rotatable bonds is 3. The zero-order chi connectivity index (χ0) is 8.27. The minimum absolute atomic E-state index is 0.0289. The van der Waals surface area contributed by atoms with Gasteiger partial charge in [0, 0.05) is 11.1 Å². The van der Waals surface area contributed by atoms with E-state index in [1.807, 2.05) is 13.1 Å².